The van der Waals surface area contributed by atoms with Crippen molar-refractivity contribution in [3.8, 4) is 0 Å². The van der Waals surface area contributed by atoms with Gasteiger partial charge in [-0.25, -0.2) is 4.79 Å². The summed E-state index contributed by atoms with van der Waals surface area (Å²) in [5.41, 5.74) is 0.985. The molecular weight excluding hydrogens is 715 g/mol. The van der Waals surface area contributed by atoms with Gasteiger partial charge in [0.15, 0.2) is 0 Å². The number of carbonyl (C=O) groups excluding carboxylic acids is 4. The van der Waals surface area contributed by atoms with Crippen LogP contribution in [0.1, 0.15) is 92.6 Å². The molecule has 0 aliphatic carbocycles. The van der Waals surface area contributed by atoms with E-state index in [9.17, 15) is 29.1 Å². The molecule has 0 radical (unpaired) electrons. The van der Waals surface area contributed by atoms with Crippen molar-refractivity contribution in [3.05, 3.63) is 35.9 Å². The van der Waals surface area contributed by atoms with Gasteiger partial charge in [-0.3, -0.25) is 24.1 Å². The zero-order valence-corrected chi connectivity index (χ0v) is 36.2. The number of carboxylic acid groups (broad SMARTS) is 1. The Morgan fingerprint density at radius 3 is 2.05 bits per heavy atom. The molecule has 9 atom stereocenters. The van der Waals surface area contributed by atoms with Gasteiger partial charge in [0, 0.05) is 40.3 Å². The summed E-state index contributed by atoms with van der Waals surface area (Å²) in [6.07, 6.45) is 2.73. The number of aryl methyl sites for hydroxylation is 1. The quantitative estimate of drug-likeness (QED) is 0.146. The van der Waals surface area contributed by atoms with Crippen LogP contribution in [-0.4, -0.2) is 134 Å². The van der Waals surface area contributed by atoms with Gasteiger partial charge in [0.1, 0.15) is 12.1 Å². The number of amides is 4. The van der Waals surface area contributed by atoms with E-state index < -0.39 is 48.1 Å². The molecule has 13 nitrogen and oxygen atoms in total. The van der Waals surface area contributed by atoms with E-state index in [0.29, 0.717) is 25.9 Å². The highest BCUT2D eigenvalue weighted by Crippen LogP contribution is 2.30. The summed E-state index contributed by atoms with van der Waals surface area (Å²) in [5.74, 6) is -2.96. The molecule has 0 aromatic heterocycles. The fourth-order valence-corrected chi connectivity index (χ4v) is 8.16. The Hall–Kier alpha value is -3.55. The number of piperidine rings is 1. The number of methoxy groups -OCH3 is 2. The summed E-state index contributed by atoms with van der Waals surface area (Å²) in [7, 11) is 8.57. The van der Waals surface area contributed by atoms with E-state index in [1.165, 1.54) is 7.11 Å². The highest BCUT2D eigenvalue weighted by Gasteiger charge is 2.41. The first kappa shape index (κ1) is 48.6. The number of benzene rings is 1. The van der Waals surface area contributed by atoms with Crippen LogP contribution in [-0.2, 0) is 39.9 Å². The van der Waals surface area contributed by atoms with E-state index in [-0.39, 0.29) is 60.3 Å². The predicted octanol–water partition coefficient (Wildman–Crippen LogP) is 4.47. The second-order valence-corrected chi connectivity index (χ2v) is 16.7. The molecule has 1 aromatic rings. The van der Waals surface area contributed by atoms with Gasteiger partial charge in [-0.2, -0.15) is 0 Å². The van der Waals surface area contributed by atoms with E-state index in [1.54, 1.807) is 30.9 Å². The lowest BCUT2D eigenvalue weighted by Crippen LogP contribution is -2.57. The van der Waals surface area contributed by atoms with Gasteiger partial charge in [0.05, 0.1) is 36.6 Å². The molecule has 13 heteroatoms. The van der Waals surface area contributed by atoms with Crippen molar-refractivity contribution in [1.29, 1.82) is 0 Å². The van der Waals surface area contributed by atoms with Gasteiger partial charge >= 0.3 is 5.97 Å². The number of rotatable bonds is 23. The summed E-state index contributed by atoms with van der Waals surface area (Å²) in [5, 5.41) is 15.7. The largest absolute Gasteiger partial charge is 0.480 e. The van der Waals surface area contributed by atoms with E-state index >= 15 is 0 Å². The second kappa shape index (κ2) is 23.6. The van der Waals surface area contributed by atoms with Crippen LogP contribution < -0.4 is 10.6 Å². The molecule has 318 valence electrons. The van der Waals surface area contributed by atoms with E-state index in [4.69, 9.17) is 9.47 Å². The zero-order valence-electron chi connectivity index (χ0n) is 36.2. The highest BCUT2D eigenvalue weighted by molar-refractivity contribution is 5.90. The van der Waals surface area contributed by atoms with Gasteiger partial charge in [0.25, 0.3) is 0 Å². The van der Waals surface area contributed by atoms with Gasteiger partial charge in [-0.15, -0.1) is 0 Å². The standard InChI is InChI=1S/C43H73N5O8/c1-13-29(6)32(26-47(10)42(52)37(27(2)3)45-41(51)38(28(4)5)46(8)9)35(55-11)25-36(49)48-24-18-17-21-34(48)39(56-12)30(7)40(50)44-33(43(53)54)23-22-31-19-15-14-16-20-31/h14-16,19-20,27-30,32-35,37-39H,13,17-18,21-26H2,1-12H3,(H,44,50)(H,45,51)(H,53,54)/t29-,30+,32-,33-,34-,35+,37-,38-,39+/m0/s1. The molecule has 56 heavy (non-hydrogen) atoms. The summed E-state index contributed by atoms with van der Waals surface area (Å²) >= 11 is 0. The summed E-state index contributed by atoms with van der Waals surface area (Å²) in [6.45, 7) is 14.5. The maximum Gasteiger partial charge on any atom is 0.326 e. The van der Waals surface area contributed by atoms with Crippen molar-refractivity contribution >= 4 is 29.6 Å². The van der Waals surface area contributed by atoms with Crippen LogP contribution in [0.15, 0.2) is 30.3 Å². The van der Waals surface area contributed by atoms with Crippen molar-refractivity contribution in [2.45, 2.75) is 130 Å². The third-order valence-electron chi connectivity index (χ3n) is 11.7. The van der Waals surface area contributed by atoms with Crippen LogP contribution in [0.3, 0.4) is 0 Å². The monoisotopic (exact) mass is 788 g/mol. The Bertz CT molecular complexity index is 1380. The number of hydrogen-bond donors (Lipinski definition) is 3. The van der Waals surface area contributed by atoms with E-state index in [2.05, 4.69) is 24.5 Å². The molecule has 0 unspecified atom stereocenters. The molecule has 0 saturated carbocycles. The van der Waals surface area contributed by atoms with Crippen molar-refractivity contribution in [1.82, 2.24) is 25.3 Å². The summed E-state index contributed by atoms with van der Waals surface area (Å²) in [6, 6.07) is 6.97. The summed E-state index contributed by atoms with van der Waals surface area (Å²) < 4.78 is 12.0. The maximum atomic E-state index is 14.3. The Morgan fingerprint density at radius 2 is 1.54 bits per heavy atom. The fraction of sp³-hybridized carbons (Fsp3) is 0.744. The van der Waals surface area contributed by atoms with Gasteiger partial charge < -0.3 is 35.0 Å². The SMILES string of the molecule is CC[C@H](C)[C@H](CN(C)C(=O)[C@@H](NC(=O)[C@H](C(C)C)N(C)C)C(C)C)[C@@H](CC(=O)N1CCCC[C@H]1[C@H](OC)[C@@H](C)C(=O)N[C@@H](CCc1ccccc1)C(=O)O)OC. The number of ether oxygens (including phenoxy) is 2. The molecule has 3 N–H and O–H groups in total. The second-order valence-electron chi connectivity index (χ2n) is 16.7. The van der Waals surface area contributed by atoms with Crippen molar-refractivity contribution in [2.75, 3.05) is 48.5 Å². The molecule has 1 aliphatic heterocycles. The molecule has 0 spiro atoms. The number of likely N-dealkylation sites (N-methyl/N-ethyl adjacent to an activating group) is 2. The number of nitrogens with one attached hydrogen (secondary N) is 2. The lowest BCUT2D eigenvalue weighted by Gasteiger charge is -2.42. The lowest BCUT2D eigenvalue weighted by molar-refractivity contribution is -0.149. The molecule has 0 bridgehead atoms. The Morgan fingerprint density at radius 1 is 0.893 bits per heavy atom. The van der Waals surface area contributed by atoms with Crippen LogP contribution >= 0.6 is 0 Å². The van der Waals surface area contributed by atoms with E-state index in [1.807, 2.05) is 77.0 Å². The first-order chi connectivity index (χ1) is 26.4. The fourth-order valence-electron chi connectivity index (χ4n) is 8.16. The van der Waals surface area contributed by atoms with Crippen molar-refractivity contribution in [2.24, 2.45) is 29.6 Å². The molecular formula is C43H73N5O8. The van der Waals surface area contributed by atoms with E-state index in [0.717, 1.165) is 24.8 Å². The number of aliphatic carboxylic acids is 1. The van der Waals surface area contributed by atoms with Crippen LogP contribution in [0.25, 0.3) is 0 Å². The zero-order chi connectivity index (χ0) is 42.3. The molecule has 1 fully saturated rings. The Labute approximate surface area is 336 Å². The molecule has 2 rings (SSSR count). The number of nitrogens with zero attached hydrogens (tertiary/aromatic N) is 3. The number of carboxylic acids is 1. The lowest BCUT2D eigenvalue weighted by atomic mass is 9.84. The van der Waals surface area contributed by atoms with Crippen LogP contribution in [0.4, 0.5) is 0 Å². The minimum absolute atomic E-state index is 0.0546. The first-order valence-corrected chi connectivity index (χ1v) is 20.5. The number of hydrogen-bond acceptors (Lipinski definition) is 8. The minimum atomic E-state index is -1.10. The van der Waals surface area contributed by atoms with Crippen LogP contribution in [0.5, 0.6) is 0 Å². The molecule has 1 heterocycles. The maximum absolute atomic E-state index is 14.3. The molecule has 1 saturated heterocycles. The first-order valence-electron chi connectivity index (χ1n) is 20.5. The van der Waals surface area contributed by atoms with Crippen molar-refractivity contribution < 1.29 is 38.6 Å². The van der Waals surface area contributed by atoms with Gasteiger partial charge in [-0.1, -0.05) is 85.2 Å². The predicted molar refractivity (Wildman–Crippen MR) is 219 cm³/mol. The number of likely N-dealkylation sites (tertiary alicyclic amines) is 1. The Balaban J connectivity index is 2.23. The topological polar surface area (TPSA) is 158 Å². The van der Waals surface area contributed by atoms with Crippen molar-refractivity contribution in [3.63, 3.8) is 0 Å². The van der Waals surface area contributed by atoms with Crippen LogP contribution in [0, 0.1) is 29.6 Å². The normalized spacial score (nSPS) is 19.1. The highest BCUT2D eigenvalue weighted by atomic mass is 16.5. The third-order valence-corrected chi connectivity index (χ3v) is 11.7. The molecule has 1 aliphatic rings. The number of carbonyl (C=O) groups is 5. The third kappa shape index (κ3) is 13.8. The molecule has 1 aromatic carbocycles. The van der Waals surface area contributed by atoms with Crippen LogP contribution in [0.2, 0.25) is 0 Å². The smallest absolute Gasteiger partial charge is 0.326 e. The summed E-state index contributed by atoms with van der Waals surface area (Å²) in [4.78, 5) is 72.7. The van der Waals surface area contributed by atoms with Gasteiger partial charge in [0.2, 0.25) is 23.6 Å². The molecule has 4 amide bonds. The Kier molecular flexibility index (Phi) is 20.5. The average molecular weight is 788 g/mol. The average Bonchev–Trinajstić information content (AvgIpc) is 3.16. The van der Waals surface area contributed by atoms with Gasteiger partial charge in [-0.05, 0) is 69.5 Å². The minimum Gasteiger partial charge on any atom is -0.480 e.